The molecule has 3 rings (SSSR count). The number of hydrogen-bond acceptors (Lipinski definition) is 6. The van der Waals surface area contributed by atoms with Gasteiger partial charge in [-0.3, -0.25) is 29.6 Å². The molecule has 134 valence electrons. The highest BCUT2D eigenvalue weighted by molar-refractivity contribution is 6.02. The third kappa shape index (κ3) is 3.94. The van der Waals surface area contributed by atoms with Crippen LogP contribution < -0.4 is 15.0 Å². The van der Waals surface area contributed by atoms with Gasteiger partial charge in [-0.15, -0.1) is 0 Å². The third-order valence-electron chi connectivity index (χ3n) is 3.83. The number of nitro benzene ring substituents is 1. The molecule has 1 aromatic heterocycles. The van der Waals surface area contributed by atoms with Crippen LogP contribution in [0.4, 0.5) is 11.4 Å². The number of carbonyl (C=O) groups is 2. The van der Waals surface area contributed by atoms with Gasteiger partial charge in [0.15, 0.2) is 6.61 Å². The van der Waals surface area contributed by atoms with Crippen LogP contribution in [0.25, 0.3) is 0 Å². The van der Waals surface area contributed by atoms with Crippen molar-refractivity contribution in [3.63, 3.8) is 0 Å². The largest absolute Gasteiger partial charge is 0.482 e. The second kappa shape index (κ2) is 7.60. The molecule has 1 aliphatic rings. The van der Waals surface area contributed by atoms with E-state index in [9.17, 15) is 19.7 Å². The zero-order valence-electron chi connectivity index (χ0n) is 13.8. The minimum atomic E-state index is -0.565. The van der Waals surface area contributed by atoms with Crippen molar-refractivity contribution < 1.29 is 19.2 Å². The molecule has 2 heterocycles. The molecule has 2 aromatic rings. The van der Waals surface area contributed by atoms with Gasteiger partial charge in [0.2, 0.25) is 5.91 Å². The van der Waals surface area contributed by atoms with E-state index in [-0.39, 0.29) is 30.4 Å². The smallest absolute Gasteiger partial charge is 0.271 e. The second-order valence-corrected chi connectivity index (χ2v) is 5.60. The van der Waals surface area contributed by atoms with Gasteiger partial charge in [0.25, 0.3) is 11.6 Å². The number of nitrogens with one attached hydrogen (secondary N) is 1. The molecule has 0 aliphatic carbocycles. The Morgan fingerprint density at radius 3 is 2.92 bits per heavy atom. The second-order valence-electron chi connectivity index (χ2n) is 5.60. The summed E-state index contributed by atoms with van der Waals surface area (Å²) in [7, 11) is 0. The molecule has 0 unspecified atom stereocenters. The first-order valence-corrected chi connectivity index (χ1v) is 7.93. The van der Waals surface area contributed by atoms with Gasteiger partial charge < -0.3 is 10.1 Å². The van der Waals surface area contributed by atoms with Crippen LogP contribution in [-0.2, 0) is 16.0 Å². The molecule has 9 heteroatoms. The summed E-state index contributed by atoms with van der Waals surface area (Å²) in [6.45, 7) is -0.0826. The van der Waals surface area contributed by atoms with Gasteiger partial charge in [-0.05, 0) is 18.2 Å². The molecule has 0 radical (unpaired) electrons. The molecule has 1 aliphatic heterocycles. The number of ether oxygens (including phenoxy) is 1. The minimum absolute atomic E-state index is 0.178. The molecule has 9 nitrogen and oxygen atoms in total. The van der Waals surface area contributed by atoms with Crippen LogP contribution in [0.1, 0.15) is 5.69 Å². The summed E-state index contributed by atoms with van der Waals surface area (Å²) in [4.78, 5) is 40.0. The normalized spacial score (nSPS) is 12.9. The van der Waals surface area contributed by atoms with E-state index in [4.69, 9.17) is 4.74 Å². The third-order valence-corrected chi connectivity index (χ3v) is 3.83. The van der Waals surface area contributed by atoms with Crippen LogP contribution in [-0.4, -0.2) is 41.4 Å². The van der Waals surface area contributed by atoms with Crippen molar-refractivity contribution in [1.82, 2.24) is 10.3 Å². The fourth-order valence-electron chi connectivity index (χ4n) is 2.55. The number of carbonyl (C=O) groups excluding carboxylic acids is 2. The maximum Gasteiger partial charge on any atom is 0.271 e. The molecule has 0 saturated carbocycles. The maximum atomic E-state index is 12.2. The molecule has 0 spiro atoms. The molecule has 1 aromatic carbocycles. The Hall–Kier alpha value is -3.49. The van der Waals surface area contributed by atoms with E-state index in [1.54, 1.807) is 6.20 Å². The van der Waals surface area contributed by atoms with Crippen LogP contribution in [0.3, 0.4) is 0 Å². The standard InChI is InChI=1S/C17H16N4O5/c22-16(19-8-6-12-3-1-2-7-18-12)10-20-14-9-13(21(24)25)4-5-15(14)26-11-17(20)23/h1-5,7,9H,6,8,10-11H2,(H,19,22). The van der Waals surface area contributed by atoms with E-state index in [1.165, 1.54) is 23.1 Å². The van der Waals surface area contributed by atoms with Crippen LogP contribution in [0.2, 0.25) is 0 Å². The van der Waals surface area contributed by atoms with Crippen molar-refractivity contribution in [2.45, 2.75) is 6.42 Å². The number of pyridine rings is 1. The highest BCUT2D eigenvalue weighted by atomic mass is 16.6. The Labute approximate surface area is 148 Å². The maximum absolute atomic E-state index is 12.2. The van der Waals surface area contributed by atoms with Crippen molar-refractivity contribution in [3.05, 3.63) is 58.4 Å². The predicted molar refractivity (Wildman–Crippen MR) is 91.9 cm³/mol. The Bertz CT molecular complexity index is 840. The number of fused-ring (bicyclic) bond motifs is 1. The van der Waals surface area contributed by atoms with E-state index in [0.29, 0.717) is 18.7 Å². The van der Waals surface area contributed by atoms with Gasteiger partial charge >= 0.3 is 0 Å². The van der Waals surface area contributed by atoms with E-state index >= 15 is 0 Å². The number of benzene rings is 1. The molecular weight excluding hydrogens is 340 g/mol. The molecule has 0 bridgehead atoms. The molecule has 26 heavy (non-hydrogen) atoms. The van der Waals surface area contributed by atoms with Crippen molar-refractivity contribution in [2.24, 2.45) is 0 Å². The quantitative estimate of drug-likeness (QED) is 0.612. The summed E-state index contributed by atoms with van der Waals surface area (Å²) >= 11 is 0. The average molecular weight is 356 g/mol. The minimum Gasteiger partial charge on any atom is -0.482 e. The van der Waals surface area contributed by atoms with E-state index < -0.39 is 10.8 Å². The lowest BCUT2D eigenvalue weighted by Gasteiger charge is -2.28. The van der Waals surface area contributed by atoms with Crippen LogP contribution >= 0.6 is 0 Å². The van der Waals surface area contributed by atoms with Crippen molar-refractivity contribution in [1.29, 1.82) is 0 Å². The van der Waals surface area contributed by atoms with Gasteiger partial charge in [-0.1, -0.05) is 6.07 Å². The summed E-state index contributed by atoms with van der Waals surface area (Å²) in [5.74, 6) is -0.469. The Kier molecular flexibility index (Phi) is 5.07. The zero-order chi connectivity index (χ0) is 18.5. The number of nitro groups is 1. The lowest BCUT2D eigenvalue weighted by Crippen LogP contribution is -2.45. The number of nitrogens with zero attached hydrogens (tertiary/aromatic N) is 3. The Morgan fingerprint density at radius 1 is 1.35 bits per heavy atom. The monoisotopic (exact) mass is 356 g/mol. The van der Waals surface area contributed by atoms with Crippen LogP contribution in [0.15, 0.2) is 42.6 Å². The van der Waals surface area contributed by atoms with Gasteiger partial charge in [0, 0.05) is 37.0 Å². The number of aromatic nitrogens is 1. The van der Waals surface area contributed by atoms with Crippen LogP contribution in [0, 0.1) is 10.1 Å². The van der Waals surface area contributed by atoms with E-state index in [0.717, 1.165) is 5.69 Å². The van der Waals surface area contributed by atoms with Crippen molar-refractivity contribution in [3.8, 4) is 5.75 Å². The summed E-state index contributed by atoms with van der Waals surface area (Å²) in [5.41, 5.74) is 0.883. The number of hydrogen-bond donors (Lipinski definition) is 1. The Morgan fingerprint density at radius 2 is 2.19 bits per heavy atom. The first kappa shape index (κ1) is 17.3. The SMILES string of the molecule is O=C(CN1C(=O)COc2ccc([N+](=O)[O-])cc21)NCCc1ccccn1. The first-order valence-electron chi connectivity index (χ1n) is 7.93. The van der Waals surface area contributed by atoms with Crippen molar-refractivity contribution >= 4 is 23.2 Å². The van der Waals surface area contributed by atoms with Gasteiger partial charge in [-0.25, -0.2) is 0 Å². The highest BCUT2D eigenvalue weighted by Gasteiger charge is 2.29. The van der Waals surface area contributed by atoms with Crippen molar-refractivity contribution in [2.75, 3.05) is 24.6 Å². The lowest BCUT2D eigenvalue weighted by molar-refractivity contribution is -0.384. The number of non-ortho nitro benzene ring substituents is 1. The molecule has 0 saturated heterocycles. The van der Waals surface area contributed by atoms with E-state index in [1.807, 2.05) is 18.2 Å². The first-order chi connectivity index (χ1) is 12.5. The molecule has 2 amide bonds. The Balaban J connectivity index is 1.65. The summed E-state index contributed by atoms with van der Waals surface area (Å²) < 4.78 is 5.27. The predicted octanol–water partition coefficient (Wildman–Crippen LogP) is 1.07. The molecule has 0 fully saturated rings. The topological polar surface area (TPSA) is 115 Å². The van der Waals surface area contributed by atoms with Gasteiger partial charge in [-0.2, -0.15) is 0 Å². The number of anilines is 1. The summed E-state index contributed by atoms with van der Waals surface area (Å²) in [5, 5.41) is 13.7. The summed E-state index contributed by atoms with van der Waals surface area (Å²) in [6, 6.07) is 9.47. The molecule has 1 N–H and O–H groups in total. The van der Waals surface area contributed by atoms with Crippen LogP contribution in [0.5, 0.6) is 5.75 Å². The number of rotatable bonds is 6. The molecular formula is C17H16N4O5. The summed E-state index contributed by atoms with van der Waals surface area (Å²) in [6.07, 6.45) is 2.24. The highest BCUT2D eigenvalue weighted by Crippen LogP contribution is 2.35. The molecule has 0 atom stereocenters. The number of amides is 2. The van der Waals surface area contributed by atoms with E-state index in [2.05, 4.69) is 10.3 Å². The van der Waals surface area contributed by atoms with Gasteiger partial charge in [0.1, 0.15) is 12.3 Å². The lowest BCUT2D eigenvalue weighted by atomic mass is 10.2. The fourth-order valence-corrected chi connectivity index (χ4v) is 2.55. The average Bonchev–Trinajstić information content (AvgIpc) is 2.64. The fraction of sp³-hybridized carbons (Fsp3) is 0.235. The zero-order valence-corrected chi connectivity index (χ0v) is 13.8. The van der Waals surface area contributed by atoms with Gasteiger partial charge in [0.05, 0.1) is 10.6 Å².